The minimum absolute atomic E-state index is 0. The number of amidine groups is 3. The average molecular weight is 759 g/mol. The van der Waals surface area contributed by atoms with E-state index in [1.54, 1.807) is 0 Å². The van der Waals surface area contributed by atoms with Crippen LogP contribution in [-0.4, -0.2) is 48.8 Å². The van der Waals surface area contributed by atoms with Crippen LogP contribution < -0.4 is 11.0 Å². The first kappa shape index (κ1) is 30.9. The molecule has 7 heterocycles. The maximum absolute atomic E-state index is 5.76. The van der Waals surface area contributed by atoms with Gasteiger partial charge in [-0.1, -0.05) is 97.1 Å². The topological polar surface area (TPSA) is 106 Å². The van der Waals surface area contributed by atoms with Crippen molar-refractivity contribution in [3.05, 3.63) is 179 Å². The van der Waals surface area contributed by atoms with Gasteiger partial charge in [0.25, 0.3) is 0 Å². The van der Waals surface area contributed by atoms with E-state index in [-0.39, 0.29) is 11.6 Å². The van der Waals surface area contributed by atoms with Gasteiger partial charge in [-0.2, -0.15) is 0 Å². The molecule has 5 aliphatic rings. The van der Waals surface area contributed by atoms with E-state index in [1.165, 1.54) is 37.9 Å². The fourth-order valence-corrected chi connectivity index (χ4v) is 13.5. The fourth-order valence-electron chi connectivity index (χ4n) is 10.2. The molecule has 8 aromatic carbocycles. The second-order valence-electron chi connectivity index (χ2n) is 15.7. The van der Waals surface area contributed by atoms with Crippen LogP contribution in [0.2, 0.25) is 0 Å². The van der Waals surface area contributed by atoms with Gasteiger partial charge >= 0.3 is 14.8 Å². The van der Waals surface area contributed by atoms with Crippen LogP contribution >= 0.6 is 0 Å². The maximum Gasteiger partial charge on any atom is 0.759 e. The van der Waals surface area contributed by atoms with Gasteiger partial charge in [-0.15, -0.1) is 0 Å². The van der Waals surface area contributed by atoms with Crippen LogP contribution in [0.4, 0.5) is 11.6 Å². The van der Waals surface area contributed by atoms with Crippen LogP contribution in [0.25, 0.3) is 64.6 Å². The highest BCUT2D eigenvalue weighted by atomic mass is 27.2. The molecule has 58 heavy (non-hydrogen) atoms. The second-order valence-corrected chi connectivity index (χ2v) is 18.0. The third-order valence-electron chi connectivity index (χ3n) is 12.8. The molecule has 0 aliphatic carbocycles. The summed E-state index contributed by atoms with van der Waals surface area (Å²) in [5, 5.41) is 13.7. The highest BCUT2D eigenvalue weighted by Crippen LogP contribution is 2.49. The van der Waals surface area contributed by atoms with Crippen molar-refractivity contribution in [2.45, 2.75) is 6.17 Å². The van der Waals surface area contributed by atoms with Crippen LogP contribution in [0.5, 0.6) is 0 Å². The minimum Gasteiger partial charge on any atom is -0.412 e. The Kier molecular flexibility index (Phi) is 5.65. The number of fused-ring (bicyclic) bond motifs is 17. The molecule has 10 aromatic rings. The smallest absolute Gasteiger partial charge is 0.412 e. The van der Waals surface area contributed by atoms with Crippen molar-refractivity contribution >= 4 is 109 Å². The first-order valence-electron chi connectivity index (χ1n) is 19.4. The normalized spacial score (nSPS) is 17.4. The Morgan fingerprint density at radius 1 is 0.414 bits per heavy atom. The van der Waals surface area contributed by atoms with Crippen LogP contribution in [0.3, 0.4) is 0 Å². The van der Waals surface area contributed by atoms with E-state index in [0.717, 1.165) is 77.5 Å². The summed E-state index contributed by atoms with van der Waals surface area (Å²) in [5.41, 5.74) is 6.15. The summed E-state index contributed by atoms with van der Waals surface area (Å²) in [7, 11) is 0. The Balaban J connectivity index is 0.00000336. The van der Waals surface area contributed by atoms with Gasteiger partial charge < -0.3 is 16.5 Å². The molecule has 15 rings (SSSR count). The number of nitrogens with zero attached hydrogens (tertiary/aromatic N) is 8. The lowest BCUT2D eigenvalue weighted by atomic mass is 10.0. The molecule has 268 valence electrons. The summed E-state index contributed by atoms with van der Waals surface area (Å²) in [6.45, 7) is 0. The highest BCUT2D eigenvalue weighted by molar-refractivity contribution is 6.60. The quantitative estimate of drug-likeness (QED) is 0.143. The molecule has 0 radical (unpaired) electrons. The SMILES string of the molecule is O.c1ccc2cc3c(cc2c1)C1=N/C3=N\c2c3cc4ccccc4cc3c3[n]2[Al]2[N]4C(=N3)c3cc5ccccc5cc3C4N=c3c4cc5ccccc5cc4c([n]32)=N1. The van der Waals surface area contributed by atoms with Crippen molar-refractivity contribution in [3.63, 3.8) is 0 Å². The van der Waals surface area contributed by atoms with Crippen molar-refractivity contribution in [1.29, 1.82) is 0 Å². The van der Waals surface area contributed by atoms with Gasteiger partial charge in [0, 0.05) is 43.8 Å². The molecule has 2 aromatic heterocycles. The summed E-state index contributed by atoms with van der Waals surface area (Å²) >= 11 is -2.60. The Morgan fingerprint density at radius 3 is 1.43 bits per heavy atom. The number of hydrogen-bond donors (Lipinski definition) is 0. The lowest BCUT2D eigenvalue weighted by molar-refractivity contribution is 0.445. The molecular weight excluding hydrogens is 732 g/mol. The Morgan fingerprint density at radius 2 is 0.862 bits per heavy atom. The highest BCUT2D eigenvalue weighted by Gasteiger charge is 2.56. The number of aromatic nitrogens is 2. The Hall–Kier alpha value is -7.22. The Bertz CT molecular complexity index is 3860. The monoisotopic (exact) mass is 758 g/mol. The lowest BCUT2D eigenvalue weighted by Gasteiger charge is -2.37. The number of benzene rings is 8. The summed E-state index contributed by atoms with van der Waals surface area (Å²) in [5.74, 6) is 4.15. The van der Waals surface area contributed by atoms with Gasteiger partial charge in [0.1, 0.15) is 34.6 Å². The zero-order chi connectivity index (χ0) is 36.7. The number of rotatable bonds is 0. The van der Waals surface area contributed by atoms with E-state index in [1.807, 2.05) is 0 Å². The van der Waals surface area contributed by atoms with E-state index in [0.29, 0.717) is 11.7 Å². The van der Waals surface area contributed by atoms with Gasteiger partial charge in [-0.25, -0.2) is 25.0 Å². The Labute approximate surface area is 333 Å². The maximum atomic E-state index is 5.76. The van der Waals surface area contributed by atoms with Gasteiger partial charge in [-0.05, 0) is 91.6 Å². The lowest BCUT2D eigenvalue weighted by Crippen LogP contribution is -2.62. The van der Waals surface area contributed by atoms with Crippen LogP contribution in [0, 0.1) is 0 Å². The van der Waals surface area contributed by atoms with Gasteiger partial charge in [0.2, 0.25) is 0 Å². The van der Waals surface area contributed by atoms with Crippen molar-refractivity contribution in [2.75, 3.05) is 0 Å². The molecular formula is C48H27AlN8O. The van der Waals surface area contributed by atoms with Crippen LogP contribution in [-0.2, 0) is 0 Å². The first-order chi connectivity index (χ1) is 28.2. The molecule has 2 N–H and O–H groups in total. The molecule has 9 nitrogen and oxygen atoms in total. The molecule has 10 heteroatoms. The third-order valence-corrected chi connectivity index (χ3v) is 15.7. The summed E-state index contributed by atoms with van der Waals surface area (Å²) in [6.07, 6.45) is -0.248. The molecule has 0 saturated heterocycles. The zero-order valence-corrected chi connectivity index (χ0v) is 31.7. The number of aliphatic imine (C=N–C) groups is 3. The van der Waals surface area contributed by atoms with Crippen molar-refractivity contribution in [2.24, 2.45) is 25.0 Å². The van der Waals surface area contributed by atoms with Gasteiger partial charge in [-0.3, -0.25) is 0 Å². The molecule has 0 amide bonds. The predicted molar refractivity (Wildman–Crippen MR) is 233 cm³/mol. The molecule has 1 unspecified atom stereocenters. The van der Waals surface area contributed by atoms with Crippen molar-refractivity contribution in [3.8, 4) is 0 Å². The summed E-state index contributed by atoms with van der Waals surface area (Å²) in [4.78, 5) is 28.1. The van der Waals surface area contributed by atoms with Crippen molar-refractivity contribution < 1.29 is 5.48 Å². The van der Waals surface area contributed by atoms with Crippen molar-refractivity contribution in [1.82, 2.24) is 11.0 Å². The van der Waals surface area contributed by atoms with Crippen LogP contribution in [0.1, 0.15) is 28.4 Å². The average Bonchev–Trinajstić information content (AvgIpc) is 3.94. The molecule has 1 atom stereocenters. The molecule has 5 aliphatic heterocycles. The summed E-state index contributed by atoms with van der Waals surface area (Å²) < 4.78 is 7.50. The largest absolute Gasteiger partial charge is 0.759 e. The van der Waals surface area contributed by atoms with E-state index in [9.17, 15) is 0 Å². The summed E-state index contributed by atoms with van der Waals surface area (Å²) in [6, 6.07) is 52.7. The third kappa shape index (κ3) is 3.73. The molecule has 0 fully saturated rings. The molecule has 0 spiro atoms. The first-order valence-corrected chi connectivity index (χ1v) is 20.9. The van der Waals surface area contributed by atoms with Gasteiger partial charge in [0.15, 0.2) is 11.7 Å². The minimum atomic E-state index is -2.60. The second kappa shape index (κ2) is 10.6. The number of hydrogen-bond acceptors (Lipinski definition) is 6. The molecule has 2 bridgehead atoms. The predicted octanol–water partition coefficient (Wildman–Crippen LogP) is 8.28. The zero-order valence-electron chi connectivity index (χ0n) is 30.6. The van der Waals surface area contributed by atoms with E-state index in [4.69, 9.17) is 25.0 Å². The van der Waals surface area contributed by atoms with E-state index in [2.05, 4.69) is 157 Å². The van der Waals surface area contributed by atoms with E-state index < -0.39 is 14.8 Å². The van der Waals surface area contributed by atoms with E-state index >= 15 is 0 Å². The van der Waals surface area contributed by atoms with Gasteiger partial charge in [0.05, 0.1) is 0 Å². The standard InChI is InChI=1S/C48H25N8.Al.H2O/c1-2-10-26-18-34-33(17-25(26)9-1)41-49-42(34)54-44-37-21-29-13-5-6-14-30(29)22-38(37)46(51-44)56-48-40-24-32-16-8-7-15-31(32)23-39(40)47(52-48)55-45-36-20-28-12-4-3-11-27(28)19-35(36)43(50-45)53-41;;/h1-24,41H;;1H2/q-3;+3;. The van der Waals surface area contributed by atoms with Crippen LogP contribution in [0.15, 0.2) is 171 Å². The fraction of sp³-hybridized carbons (Fsp3) is 0.0208. The molecule has 0 saturated carbocycles.